The van der Waals surface area contributed by atoms with Crippen LogP contribution < -0.4 is 4.74 Å². The fourth-order valence-electron chi connectivity index (χ4n) is 3.98. The highest BCUT2D eigenvalue weighted by Gasteiger charge is 2.33. The van der Waals surface area contributed by atoms with Crippen molar-refractivity contribution in [2.24, 2.45) is 0 Å². The van der Waals surface area contributed by atoms with Crippen LogP contribution in [0.3, 0.4) is 0 Å². The Morgan fingerprint density at radius 1 is 1.08 bits per heavy atom. The van der Waals surface area contributed by atoms with Gasteiger partial charge in [0.15, 0.2) is 11.5 Å². The van der Waals surface area contributed by atoms with Crippen LogP contribution in [-0.4, -0.2) is 33.9 Å². The number of rotatable bonds is 2. The smallest absolute Gasteiger partial charge is 0.160 e. The number of benzene rings is 2. The summed E-state index contributed by atoms with van der Waals surface area (Å²) in [5, 5.41) is 29.5. The topological polar surface area (TPSA) is 73.2 Å². The summed E-state index contributed by atoms with van der Waals surface area (Å²) in [6, 6.07) is 7.65. The van der Waals surface area contributed by atoms with Crippen LogP contribution in [0.15, 0.2) is 24.3 Å². The second-order valence-electron chi connectivity index (χ2n) is 6.57. The molecule has 0 saturated carbocycles. The monoisotopic (exact) mass is 327 g/mol. The predicted octanol–water partition coefficient (Wildman–Crippen LogP) is 2.25. The van der Waals surface area contributed by atoms with Crippen LogP contribution in [0, 0.1) is 0 Å². The summed E-state index contributed by atoms with van der Waals surface area (Å²) >= 11 is 0. The second kappa shape index (κ2) is 5.69. The summed E-state index contributed by atoms with van der Waals surface area (Å²) in [4.78, 5) is 2.38. The maximum Gasteiger partial charge on any atom is 0.160 e. The van der Waals surface area contributed by atoms with Gasteiger partial charge in [-0.3, -0.25) is 4.90 Å². The third-order valence-corrected chi connectivity index (χ3v) is 5.27. The first-order valence-corrected chi connectivity index (χ1v) is 8.19. The molecule has 0 bridgehead atoms. The first-order valence-electron chi connectivity index (χ1n) is 8.19. The first kappa shape index (κ1) is 15.3. The molecule has 1 atom stereocenters. The summed E-state index contributed by atoms with van der Waals surface area (Å²) in [6.07, 6.45) is 1.72. The zero-order valence-corrected chi connectivity index (χ0v) is 13.6. The lowest BCUT2D eigenvalue weighted by Gasteiger charge is -2.41. The standard InChI is InChI=1S/C19H21NO4/c1-24-19-7-12-5-16-15-8-17(22)14(10-21)4-11(15)2-3-20(16)9-13(12)6-18(19)23/h4,6-8,16,21-23H,2-3,5,9-10H2,1H3/t16-/m1/s1. The zero-order chi connectivity index (χ0) is 16.8. The van der Waals surface area contributed by atoms with Gasteiger partial charge in [-0.1, -0.05) is 0 Å². The van der Waals surface area contributed by atoms with Crippen molar-refractivity contribution in [3.05, 3.63) is 52.1 Å². The molecule has 2 aromatic carbocycles. The maximum atomic E-state index is 10.1. The predicted molar refractivity (Wildman–Crippen MR) is 89.2 cm³/mol. The molecule has 4 rings (SSSR count). The molecule has 0 amide bonds. The molecular weight excluding hydrogens is 306 g/mol. The number of methoxy groups -OCH3 is 1. The zero-order valence-electron chi connectivity index (χ0n) is 13.6. The van der Waals surface area contributed by atoms with Gasteiger partial charge < -0.3 is 20.1 Å². The lowest BCUT2D eigenvalue weighted by Crippen LogP contribution is -2.39. The highest BCUT2D eigenvalue weighted by Crippen LogP contribution is 2.42. The molecule has 0 unspecified atom stereocenters. The van der Waals surface area contributed by atoms with Crippen molar-refractivity contribution in [1.29, 1.82) is 0 Å². The molecule has 2 aliphatic heterocycles. The van der Waals surface area contributed by atoms with Gasteiger partial charge in [-0.2, -0.15) is 0 Å². The summed E-state index contributed by atoms with van der Waals surface area (Å²) in [6.45, 7) is 1.56. The van der Waals surface area contributed by atoms with E-state index in [9.17, 15) is 15.3 Å². The van der Waals surface area contributed by atoms with Gasteiger partial charge in [0.25, 0.3) is 0 Å². The minimum Gasteiger partial charge on any atom is -0.508 e. The number of aromatic hydroxyl groups is 2. The van der Waals surface area contributed by atoms with Gasteiger partial charge in [0.1, 0.15) is 5.75 Å². The molecule has 0 spiro atoms. The highest BCUT2D eigenvalue weighted by molar-refractivity contribution is 5.50. The molecule has 2 aromatic rings. The highest BCUT2D eigenvalue weighted by atomic mass is 16.5. The SMILES string of the molecule is COc1cc2c(cc1O)CN1CCc3cc(CO)c(O)cc3[C@H]1C2. The number of hydrogen-bond acceptors (Lipinski definition) is 5. The van der Waals surface area contributed by atoms with Crippen molar-refractivity contribution in [2.45, 2.75) is 32.0 Å². The van der Waals surface area contributed by atoms with Gasteiger partial charge >= 0.3 is 0 Å². The molecule has 2 aliphatic rings. The number of nitrogens with zero attached hydrogens (tertiary/aromatic N) is 1. The van der Waals surface area contributed by atoms with Crippen LogP contribution in [0.1, 0.15) is 33.9 Å². The molecule has 5 heteroatoms. The number of phenolic OH excluding ortho intramolecular Hbond substituents is 1. The molecule has 126 valence electrons. The summed E-state index contributed by atoms with van der Waals surface area (Å²) in [5.74, 6) is 0.834. The van der Waals surface area contributed by atoms with Crippen LogP contribution in [0.2, 0.25) is 0 Å². The Labute approximate surface area is 140 Å². The van der Waals surface area contributed by atoms with E-state index in [0.717, 1.165) is 37.1 Å². The largest absolute Gasteiger partial charge is 0.508 e. The maximum absolute atomic E-state index is 10.1. The quantitative estimate of drug-likeness (QED) is 0.789. The van der Waals surface area contributed by atoms with Crippen LogP contribution in [0.4, 0.5) is 0 Å². The van der Waals surface area contributed by atoms with Gasteiger partial charge in [0.2, 0.25) is 0 Å². The number of hydrogen-bond donors (Lipinski definition) is 3. The van der Waals surface area contributed by atoms with Gasteiger partial charge in [-0.05, 0) is 59.4 Å². The summed E-state index contributed by atoms with van der Waals surface area (Å²) < 4.78 is 5.23. The lowest BCUT2D eigenvalue weighted by molar-refractivity contribution is 0.160. The van der Waals surface area contributed by atoms with E-state index in [1.165, 1.54) is 11.1 Å². The minimum atomic E-state index is -0.146. The molecule has 2 heterocycles. The summed E-state index contributed by atoms with van der Waals surface area (Å²) in [7, 11) is 1.56. The van der Waals surface area contributed by atoms with E-state index in [1.54, 1.807) is 19.2 Å². The van der Waals surface area contributed by atoms with Crippen molar-refractivity contribution in [2.75, 3.05) is 13.7 Å². The molecule has 0 saturated heterocycles. The Balaban J connectivity index is 1.75. The fourth-order valence-corrected chi connectivity index (χ4v) is 3.98. The molecule has 24 heavy (non-hydrogen) atoms. The van der Waals surface area contributed by atoms with Crippen LogP contribution >= 0.6 is 0 Å². The van der Waals surface area contributed by atoms with Gasteiger partial charge in [-0.15, -0.1) is 0 Å². The Hall–Kier alpha value is -2.24. The molecule has 5 nitrogen and oxygen atoms in total. The second-order valence-corrected chi connectivity index (χ2v) is 6.57. The number of fused-ring (bicyclic) bond motifs is 4. The van der Waals surface area contributed by atoms with E-state index in [-0.39, 0.29) is 24.1 Å². The van der Waals surface area contributed by atoms with Crippen molar-refractivity contribution in [3.63, 3.8) is 0 Å². The molecular formula is C19H21NO4. The van der Waals surface area contributed by atoms with Gasteiger partial charge in [-0.25, -0.2) is 0 Å². The van der Waals surface area contributed by atoms with Crippen LogP contribution in [0.25, 0.3) is 0 Å². The van der Waals surface area contributed by atoms with Crippen LogP contribution in [-0.2, 0) is 26.0 Å². The first-order chi connectivity index (χ1) is 11.6. The van der Waals surface area contributed by atoms with Crippen molar-refractivity contribution in [1.82, 2.24) is 4.90 Å². The minimum absolute atomic E-state index is 0.146. The number of ether oxygens (including phenoxy) is 1. The molecule has 0 fully saturated rings. The Morgan fingerprint density at radius 3 is 2.67 bits per heavy atom. The molecule has 0 radical (unpaired) electrons. The Kier molecular flexibility index (Phi) is 3.62. The van der Waals surface area contributed by atoms with Gasteiger partial charge in [0.05, 0.1) is 13.7 Å². The average molecular weight is 327 g/mol. The van der Waals surface area contributed by atoms with Crippen molar-refractivity contribution in [3.8, 4) is 17.2 Å². The molecule has 3 N–H and O–H groups in total. The van der Waals surface area contributed by atoms with E-state index in [4.69, 9.17) is 4.74 Å². The van der Waals surface area contributed by atoms with Gasteiger partial charge in [0, 0.05) is 24.7 Å². The number of phenols is 2. The Bertz CT molecular complexity index is 802. The fraction of sp³-hybridized carbons (Fsp3) is 0.368. The number of aliphatic hydroxyl groups is 1. The van der Waals surface area contributed by atoms with Crippen molar-refractivity contribution < 1.29 is 20.1 Å². The van der Waals surface area contributed by atoms with E-state index in [1.807, 2.05) is 12.1 Å². The average Bonchev–Trinajstić information content (AvgIpc) is 2.59. The van der Waals surface area contributed by atoms with E-state index < -0.39 is 0 Å². The molecule has 0 aliphatic carbocycles. The Morgan fingerprint density at radius 2 is 1.92 bits per heavy atom. The van der Waals surface area contributed by atoms with E-state index in [0.29, 0.717) is 11.3 Å². The van der Waals surface area contributed by atoms with Crippen molar-refractivity contribution >= 4 is 0 Å². The normalized spacial score (nSPS) is 19.3. The summed E-state index contributed by atoms with van der Waals surface area (Å²) in [5.41, 5.74) is 5.22. The third-order valence-electron chi connectivity index (χ3n) is 5.27. The van der Waals surface area contributed by atoms with E-state index in [2.05, 4.69) is 4.90 Å². The van der Waals surface area contributed by atoms with E-state index >= 15 is 0 Å². The number of aliphatic hydroxyl groups excluding tert-OH is 1. The molecule has 0 aromatic heterocycles. The lowest BCUT2D eigenvalue weighted by atomic mass is 9.83. The third kappa shape index (κ3) is 2.32. The van der Waals surface area contributed by atoms with Crippen LogP contribution in [0.5, 0.6) is 17.2 Å².